The van der Waals surface area contributed by atoms with E-state index in [1.165, 1.54) is 0 Å². The van der Waals surface area contributed by atoms with Crippen LogP contribution in [0.15, 0.2) is 4.52 Å². The van der Waals surface area contributed by atoms with E-state index < -0.39 is 0 Å². The number of aromatic nitrogens is 2. The fourth-order valence-electron chi connectivity index (χ4n) is 0.539. The van der Waals surface area contributed by atoms with Crippen molar-refractivity contribution in [3.8, 4) is 0 Å². The van der Waals surface area contributed by atoms with Gasteiger partial charge in [0.05, 0.1) is 0 Å². The van der Waals surface area contributed by atoms with E-state index in [9.17, 15) is 0 Å². The molecule has 1 N–H and O–H groups in total. The van der Waals surface area contributed by atoms with Crippen molar-refractivity contribution in [2.75, 3.05) is 18.2 Å². The molecule has 0 atom stereocenters. The molecule has 1 aromatic heterocycles. The van der Waals surface area contributed by atoms with E-state index in [4.69, 9.17) is 16.1 Å². The molecule has 0 spiro atoms. The molecule has 0 bridgehead atoms. The van der Waals surface area contributed by atoms with Crippen molar-refractivity contribution in [3.63, 3.8) is 0 Å². The minimum absolute atomic E-state index is 0.500. The van der Waals surface area contributed by atoms with Crippen LogP contribution < -0.4 is 5.32 Å². The van der Waals surface area contributed by atoms with E-state index in [0.717, 1.165) is 0 Å². The van der Waals surface area contributed by atoms with Gasteiger partial charge in [-0.1, -0.05) is 0 Å². The highest BCUT2D eigenvalue weighted by Crippen LogP contribution is 2.01. The van der Waals surface area contributed by atoms with Crippen LogP contribution in [0.5, 0.6) is 0 Å². The number of rotatable bonds is 3. The van der Waals surface area contributed by atoms with Crippen molar-refractivity contribution in [1.82, 2.24) is 10.1 Å². The molecule has 1 aromatic rings. The van der Waals surface area contributed by atoms with Gasteiger partial charge in [0, 0.05) is 19.3 Å². The first-order chi connectivity index (χ1) is 4.86. The largest absolute Gasteiger partial charge is 0.355 e. The molecule has 0 aliphatic heterocycles. The zero-order chi connectivity index (χ0) is 7.40. The van der Waals surface area contributed by atoms with Crippen LogP contribution in [-0.4, -0.2) is 23.1 Å². The van der Waals surface area contributed by atoms with Crippen LogP contribution >= 0.6 is 11.6 Å². The zero-order valence-electron chi connectivity index (χ0n) is 5.59. The Morgan fingerprint density at radius 1 is 1.70 bits per heavy atom. The lowest BCUT2D eigenvalue weighted by Crippen LogP contribution is -1.90. The normalized spacial score (nSPS) is 9.80. The Labute approximate surface area is 63.6 Å². The molecule has 1 heterocycles. The number of hydrogen-bond donors (Lipinski definition) is 1. The van der Waals surface area contributed by atoms with Gasteiger partial charge in [0.1, 0.15) is 0 Å². The van der Waals surface area contributed by atoms with Crippen LogP contribution in [0.25, 0.3) is 0 Å². The Kier molecular flexibility index (Phi) is 2.50. The number of alkyl halides is 1. The zero-order valence-corrected chi connectivity index (χ0v) is 6.35. The monoisotopic (exact) mass is 161 g/mol. The van der Waals surface area contributed by atoms with Gasteiger partial charge >= 0.3 is 0 Å². The first-order valence-electron chi connectivity index (χ1n) is 2.93. The molecule has 4 nitrogen and oxygen atoms in total. The van der Waals surface area contributed by atoms with Crippen molar-refractivity contribution in [1.29, 1.82) is 0 Å². The number of aryl methyl sites for hydroxylation is 1. The van der Waals surface area contributed by atoms with E-state index in [1.807, 2.05) is 0 Å². The Hall–Kier alpha value is -0.770. The maximum absolute atomic E-state index is 5.44. The lowest BCUT2D eigenvalue weighted by atomic mass is 10.5. The summed E-state index contributed by atoms with van der Waals surface area (Å²) in [7, 11) is 1.73. The van der Waals surface area contributed by atoms with E-state index in [-0.39, 0.29) is 0 Å². The lowest BCUT2D eigenvalue weighted by Gasteiger charge is -1.83. The molecule has 0 aromatic carbocycles. The highest BCUT2D eigenvalue weighted by atomic mass is 35.5. The third-order valence-electron chi connectivity index (χ3n) is 1.00. The van der Waals surface area contributed by atoms with Crippen LogP contribution in [0.1, 0.15) is 5.89 Å². The molecule has 0 fully saturated rings. The standard InChI is InChI=1S/C5H8ClN3O/c1-7-5-8-4(2-3-6)10-9-5/h2-3H2,1H3,(H,7,9). The Balaban J connectivity index is 2.59. The summed E-state index contributed by atoms with van der Waals surface area (Å²) in [5.74, 6) is 1.57. The van der Waals surface area contributed by atoms with Gasteiger partial charge in [-0.25, -0.2) is 0 Å². The number of halogens is 1. The predicted octanol–water partition coefficient (Wildman–Crippen LogP) is 0.893. The predicted molar refractivity (Wildman–Crippen MR) is 38.3 cm³/mol. The van der Waals surface area contributed by atoms with Crippen LogP contribution in [0.3, 0.4) is 0 Å². The Bertz CT molecular complexity index is 201. The van der Waals surface area contributed by atoms with E-state index >= 15 is 0 Å². The molecule has 1 rings (SSSR count). The smallest absolute Gasteiger partial charge is 0.263 e. The molecule has 0 aliphatic rings. The van der Waals surface area contributed by atoms with Crippen LogP contribution in [0.2, 0.25) is 0 Å². The van der Waals surface area contributed by atoms with Crippen molar-refractivity contribution in [2.45, 2.75) is 6.42 Å². The molecule has 0 aliphatic carbocycles. The molecule has 0 unspecified atom stereocenters. The summed E-state index contributed by atoms with van der Waals surface area (Å²) in [4.78, 5) is 3.95. The molecular formula is C5H8ClN3O. The third kappa shape index (κ3) is 1.60. The van der Waals surface area contributed by atoms with Gasteiger partial charge in [0.15, 0.2) is 0 Å². The summed E-state index contributed by atoms with van der Waals surface area (Å²) < 4.78 is 4.79. The summed E-state index contributed by atoms with van der Waals surface area (Å²) in [6.45, 7) is 0. The highest BCUT2D eigenvalue weighted by molar-refractivity contribution is 6.17. The average molecular weight is 162 g/mol. The van der Waals surface area contributed by atoms with Gasteiger partial charge in [0.2, 0.25) is 5.89 Å². The molecule has 0 saturated heterocycles. The van der Waals surface area contributed by atoms with Crippen molar-refractivity contribution in [3.05, 3.63) is 5.89 Å². The molecule has 0 radical (unpaired) electrons. The topological polar surface area (TPSA) is 51.0 Å². The summed E-state index contributed by atoms with van der Waals surface area (Å²) >= 11 is 5.44. The van der Waals surface area contributed by atoms with Crippen LogP contribution in [0, 0.1) is 0 Å². The molecule has 0 amide bonds. The number of nitrogens with one attached hydrogen (secondary N) is 1. The van der Waals surface area contributed by atoms with E-state index in [1.54, 1.807) is 7.05 Å². The number of anilines is 1. The summed E-state index contributed by atoms with van der Waals surface area (Å²) in [6, 6.07) is 0. The van der Waals surface area contributed by atoms with Crippen molar-refractivity contribution < 1.29 is 4.52 Å². The second-order valence-corrected chi connectivity index (χ2v) is 2.08. The molecule has 56 valence electrons. The molecule has 0 saturated carbocycles. The molecule has 5 heteroatoms. The van der Waals surface area contributed by atoms with Gasteiger partial charge < -0.3 is 9.84 Å². The van der Waals surface area contributed by atoms with Gasteiger partial charge in [-0.05, 0) is 5.16 Å². The maximum atomic E-state index is 5.44. The Morgan fingerprint density at radius 2 is 2.50 bits per heavy atom. The minimum atomic E-state index is 0.500. The van der Waals surface area contributed by atoms with Gasteiger partial charge in [-0.2, -0.15) is 4.98 Å². The van der Waals surface area contributed by atoms with Gasteiger partial charge in [-0.15, -0.1) is 11.6 Å². The number of hydrogen-bond acceptors (Lipinski definition) is 4. The fraction of sp³-hybridized carbons (Fsp3) is 0.600. The quantitative estimate of drug-likeness (QED) is 0.669. The number of nitrogens with zero attached hydrogens (tertiary/aromatic N) is 2. The van der Waals surface area contributed by atoms with Crippen LogP contribution in [-0.2, 0) is 6.42 Å². The lowest BCUT2D eigenvalue weighted by molar-refractivity contribution is 0.383. The summed E-state index contributed by atoms with van der Waals surface area (Å²) in [5.41, 5.74) is 0. The van der Waals surface area contributed by atoms with Gasteiger partial charge in [0.25, 0.3) is 5.95 Å². The Morgan fingerprint density at radius 3 is 3.00 bits per heavy atom. The summed E-state index contributed by atoms with van der Waals surface area (Å²) in [6.07, 6.45) is 0.621. The van der Waals surface area contributed by atoms with E-state index in [0.29, 0.717) is 24.1 Å². The van der Waals surface area contributed by atoms with Crippen LogP contribution in [0.4, 0.5) is 5.95 Å². The SMILES string of the molecule is CNc1noc(CCCl)n1. The third-order valence-corrected chi connectivity index (χ3v) is 1.19. The van der Waals surface area contributed by atoms with Crippen molar-refractivity contribution in [2.24, 2.45) is 0 Å². The second kappa shape index (κ2) is 3.41. The summed E-state index contributed by atoms with van der Waals surface area (Å²) in [5, 5.41) is 6.34. The first-order valence-corrected chi connectivity index (χ1v) is 3.46. The first kappa shape index (κ1) is 7.34. The molecular weight excluding hydrogens is 154 g/mol. The fourth-order valence-corrected chi connectivity index (χ4v) is 0.700. The molecule has 10 heavy (non-hydrogen) atoms. The minimum Gasteiger partial charge on any atom is -0.355 e. The maximum Gasteiger partial charge on any atom is 0.263 e. The van der Waals surface area contributed by atoms with Gasteiger partial charge in [-0.3, -0.25) is 0 Å². The average Bonchev–Trinajstić information content (AvgIpc) is 2.37. The van der Waals surface area contributed by atoms with Crippen molar-refractivity contribution >= 4 is 17.5 Å². The highest BCUT2D eigenvalue weighted by Gasteiger charge is 2.01. The van der Waals surface area contributed by atoms with E-state index in [2.05, 4.69) is 15.5 Å². The second-order valence-electron chi connectivity index (χ2n) is 1.70.